The lowest BCUT2D eigenvalue weighted by atomic mass is 9.92. The van der Waals surface area contributed by atoms with E-state index in [2.05, 4.69) is 59.0 Å². The fourth-order valence-corrected chi connectivity index (χ4v) is 4.30. The Morgan fingerprint density at radius 3 is 2.12 bits per heavy atom. The fraction of sp³-hybridized carbons (Fsp3) is 0.185. The van der Waals surface area contributed by atoms with Crippen LogP contribution in [0.5, 0.6) is 0 Å². The molecule has 0 radical (unpaired) electrons. The van der Waals surface area contributed by atoms with E-state index in [9.17, 15) is 4.79 Å². The maximum atomic E-state index is 13.6. The zero-order valence-corrected chi connectivity index (χ0v) is 19.7. The van der Waals surface area contributed by atoms with Gasteiger partial charge in [-0.05, 0) is 61.5 Å². The predicted molar refractivity (Wildman–Crippen MR) is 140 cm³/mol. The minimum Gasteiger partial charge on any atom is -0.372 e. The Kier molecular flexibility index (Phi) is 7.05. The van der Waals surface area contributed by atoms with Gasteiger partial charge in [-0.2, -0.15) is 0 Å². The van der Waals surface area contributed by atoms with Crippen molar-refractivity contribution in [3.05, 3.63) is 102 Å². The average molecular weight is 457 g/mol. The standard InChI is InChI=1S/C27H28N4OS/c1-3-31(4-2)22-17-15-20(16-18-22)25-23(26(32)28-21-13-9-6-10-14-21)24(29-27(33)30-25)19-11-7-5-8-12-19/h5-18,25H,3-4H2,1-2H3,(H,28,32)(H2,29,30,33). The highest BCUT2D eigenvalue weighted by Crippen LogP contribution is 2.33. The molecule has 0 bridgehead atoms. The Bertz CT molecular complexity index is 1140. The van der Waals surface area contributed by atoms with Gasteiger partial charge in [0.05, 0.1) is 17.3 Å². The molecule has 6 heteroatoms. The van der Waals surface area contributed by atoms with Crippen molar-refractivity contribution in [3.63, 3.8) is 0 Å². The number of amides is 1. The van der Waals surface area contributed by atoms with E-state index in [4.69, 9.17) is 12.2 Å². The van der Waals surface area contributed by atoms with E-state index in [-0.39, 0.29) is 11.9 Å². The molecular weight excluding hydrogens is 428 g/mol. The molecule has 0 aromatic heterocycles. The van der Waals surface area contributed by atoms with Crippen LogP contribution in [0.4, 0.5) is 11.4 Å². The molecule has 168 valence electrons. The highest BCUT2D eigenvalue weighted by atomic mass is 32.1. The highest BCUT2D eigenvalue weighted by molar-refractivity contribution is 7.80. The van der Waals surface area contributed by atoms with Crippen molar-refractivity contribution in [1.82, 2.24) is 10.6 Å². The number of rotatable bonds is 7. The first-order valence-corrected chi connectivity index (χ1v) is 11.6. The number of hydrogen-bond acceptors (Lipinski definition) is 3. The Balaban J connectivity index is 1.78. The molecule has 1 heterocycles. The second kappa shape index (κ2) is 10.3. The molecule has 33 heavy (non-hydrogen) atoms. The van der Waals surface area contributed by atoms with E-state index in [1.165, 1.54) is 0 Å². The van der Waals surface area contributed by atoms with E-state index in [1.54, 1.807) is 0 Å². The van der Waals surface area contributed by atoms with Crippen molar-refractivity contribution in [2.45, 2.75) is 19.9 Å². The molecule has 3 aromatic rings. The second-order valence-corrected chi connectivity index (χ2v) is 8.18. The van der Waals surface area contributed by atoms with Crippen LogP contribution in [-0.2, 0) is 4.79 Å². The van der Waals surface area contributed by atoms with Crippen molar-refractivity contribution in [3.8, 4) is 0 Å². The third-order valence-corrected chi connectivity index (χ3v) is 5.99. The molecule has 3 aromatic carbocycles. The van der Waals surface area contributed by atoms with E-state index < -0.39 is 0 Å². The van der Waals surface area contributed by atoms with Gasteiger partial charge in [-0.1, -0.05) is 60.7 Å². The fourth-order valence-electron chi connectivity index (χ4n) is 4.08. The topological polar surface area (TPSA) is 56.4 Å². The number of nitrogens with one attached hydrogen (secondary N) is 3. The molecule has 0 saturated carbocycles. The average Bonchev–Trinajstić information content (AvgIpc) is 2.86. The number of hydrogen-bond donors (Lipinski definition) is 3. The van der Waals surface area contributed by atoms with E-state index in [0.717, 1.165) is 35.6 Å². The first kappa shape index (κ1) is 22.6. The zero-order valence-electron chi connectivity index (χ0n) is 18.8. The van der Waals surface area contributed by atoms with Gasteiger partial charge < -0.3 is 20.9 Å². The van der Waals surface area contributed by atoms with Crippen LogP contribution >= 0.6 is 12.2 Å². The van der Waals surface area contributed by atoms with Gasteiger partial charge in [0.15, 0.2) is 5.11 Å². The van der Waals surface area contributed by atoms with Crippen LogP contribution in [0.1, 0.15) is 31.0 Å². The highest BCUT2D eigenvalue weighted by Gasteiger charge is 2.32. The van der Waals surface area contributed by atoms with Crippen LogP contribution in [0, 0.1) is 0 Å². The summed E-state index contributed by atoms with van der Waals surface area (Å²) < 4.78 is 0. The number of carbonyl (C=O) groups excluding carboxylic acids is 1. The SMILES string of the molecule is CCN(CC)c1ccc(C2NC(=S)NC(c3ccccc3)=C2C(=O)Nc2ccccc2)cc1. The minimum absolute atomic E-state index is 0.180. The Hall–Kier alpha value is -3.64. The van der Waals surface area contributed by atoms with Gasteiger partial charge in [0.25, 0.3) is 5.91 Å². The van der Waals surface area contributed by atoms with E-state index in [1.807, 2.05) is 60.7 Å². The van der Waals surface area contributed by atoms with Crippen molar-refractivity contribution in [2.24, 2.45) is 0 Å². The van der Waals surface area contributed by atoms with Crippen LogP contribution < -0.4 is 20.9 Å². The maximum absolute atomic E-state index is 13.6. The molecule has 0 spiro atoms. The first-order chi connectivity index (χ1) is 16.1. The number of nitrogens with zero attached hydrogens (tertiary/aromatic N) is 1. The monoisotopic (exact) mass is 456 g/mol. The second-order valence-electron chi connectivity index (χ2n) is 7.77. The third-order valence-electron chi connectivity index (χ3n) is 5.77. The molecule has 0 saturated heterocycles. The molecule has 5 nitrogen and oxygen atoms in total. The molecule has 1 unspecified atom stereocenters. The van der Waals surface area contributed by atoms with Crippen LogP contribution in [0.2, 0.25) is 0 Å². The summed E-state index contributed by atoms with van der Waals surface area (Å²) in [6.45, 7) is 6.17. The van der Waals surface area contributed by atoms with Gasteiger partial charge in [0.1, 0.15) is 0 Å². The molecule has 1 amide bonds. The number of thiocarbonyl (C=S) groups is 1. The molecule has 0 aliphatic carbocycles. The quantitative estimate of drug-likeness (QED) is 0.432. The Morgan fingerprint density at radius 1 is 0.909 bits per heavy atom. The molecule has 1 aliphatic heterocycles. The number of carbonyl (C=O) groups is 1. The molecule has 4 rings (SSSR count). The van der Waals surface area contributed by atoms with Gasteiger partial charge >= 0.3 is 0 Å². The van der Waals surface area contributed by atoms with E-state index >= 15 is 0 Å². The summed E-state index contributed by atoms with van der Waals surface area (Å²) in [5, 5.41) is 10.1. The van der Waals surface area contributed by atoms with Gasteiger partial charge in [-0.3, -0.25) is 4.79 Å². The molecule has 0 fully saturated rings. The normalized spacial score (nSPS) is 15.5. The summed E-state index contributed by atoms with van der Waals surface area (Å²) in [4.78, 5) is 15.9. The lowest BCUT2D eigenvalue weighted by Gasteiger charge is -2.32. The summed E-state index contributed by atoms with van der Waals surface area (Å²) in [5.41, 5.74) is 5.08. The summed E-state index contributed by atoms with van der Waals surface area (Å²) in [6.07, 6.45) is 0. The molecule has 1 aliphatic rings. The van der Waals surface area contributed by atoms with Crippen molar-refractivity contribution in [2.75, 3.05) is 23.3 Å². The largest absolute Gasteiger partial charge is 0.372 e. The number of anilines is 2. The summed E-state index contributed by atoms with van der Waals surface area (Å²) in [7, 11) is 0. The molecule has 3 N–H and O–H groups in total. The number of benzene rings is 3. The first-order valence-electron chi connectivity index (χ1n) is 11.2. The number of para-hydroxylation sites is 1. The van der Waals surface area contributed by atoms with Crippen LogP contribution in [-0.4, -0.2) is 24.1 Å². The van der Waals surface area contributed by atoms with Gasteiger partial charge in [0, 0.05) is 24.5 Å². The van der Waals surface area contributed by atoms with E-state index in [0.29, 0.717) is 16.4 Å². The minimum atomic E-state index is -0.386. The van der Waals surface area contributed by atoms with Crippen molar-refractivity contribution >= 4 is 40.3 Å². The molecular formula is C27H28N4OS. The van der Waals surface area contributed by atoms with Gasteiger partial charge in [0.2, 0.25) is 0 Å². The van der Waals surface area contributed by atoms with Crippen LogP contribution in [0.15, 0.2) is 90.5 Å². The lowest BCUT2D eigenvalue weighted by Crippen LogP contribution is -2.45. The lowest BCUT2D eigenvalue weighted by molar-refractivity contribution is -0.113. The summed E-state index contributed by atoms with van der Waals surface area (Å²) in [6, 6.07) is 27.3. The predicted octanol–water partition coefficient (Wildman–Crippen LogP) is 5.10. The molecule has 1 atom stereocenters. The van der Waals surface area contributed by atoms with Crippen molar-refractivity contribution in [1.29, 1.82) is 0 Å². The zero-order chi connectivity index (χ0) is 23.2. The van der Waals surface area contributed by atoms with Gasteiger partial charge in [-0.15, -0.1) is 0 Å². The Labute approximate surface area is 200 Å². The summed E-state index contributed by atoms with van der Waals surface area (Å²) in [5.74, 6) is -0.180. The van der Waals surface area contributed by atoms with Gasteiger partial charge in [-0.25, -0.2) is 0 Å². The summed E-state index contributed by atoms with van der Waals surface area (Å²) >= 11 is 5.54. The van der Waals surface area contributed by atoms with Crippen LogP contribution in [0.3, 0.4) is 0 Å². The Morgan fingerprint density at radius 2 is 1.52 bits per heavy atom. The van der Waals surface area contributed by atoms with Crippen molar-refractivity contribution < 1.29 is 4.79 Å². The smallest absolute Gasteiger partial charge is 0.256 e. The third kappa shape index (κ3) is 5.07. The van der Waals surface area contributed by atoms with Crippen LogP contribution in [0.25, 0.3) is 5.70 Å². The maximum Gasteiger partial charge on any atom is 0.256 e.